The van der Waals surface area contributed by atoms with Crippen molar-refractivity contribution in [2.24, 2.45) is 5.41 Å². The van der Waals surface area contributed by atoms with Gasteiger partial charge in [0.25, 0.3) is 0 Å². The lowest BCUT2D eigenvalue weighted by Crippen LogP contribution is -2.20. The average molecular weight is 275 g/mol. The van der Waals surface area contributed by atoms with Crippen LogP contribution in [0.15, 0.2) is 0 Å². The Labute approximate surface area is 107 Å². The Morgan fingerprint density at radius 3 is 2.12 bits per heavy atom. The molecule has 1 unspecified atom stereocenters. The van der Waals surface area contributed by atoms with Gasteiger partial charge in [0.2, 0.25) is 0 Å². The third kappa shape index (κ3) is 10.9. The first-order valence-corrected chi connectivity index (χ1v) is 6.35. The number of hydrogen-bond donors (Lipinski definition) is 0. The first kappa shape index (κ1) is 17.0. The Morgan fingerprint density at radius 1 is 1.06 bits per heavy atom. The van der Waals surface area contributed by atoms with E-state index in [0.717, 1.165) is 19.3 Å². The summed E-state index contributed by atoms with van der Waals surface area (Å²) in [5, 5.41) is 0.110. The fourth-order valence-corrected chi connectivity index (χ4v) is 1.48. The van der Waals surface area contributed by atoms with Gasteiger partial charge < -0.3 is 4.74 Å². The number of ether oxygens (including phenoxy) is 1. The molecule has 0 spiro atoms. The van der Waals surface area contributed by atoms with Gasteiger partial charge in [0.05, 0.1) is 0 Å². The van der Waals surface area contributed by atoms with E-state index in [1.807, 2.05) is 0 Å². The van der Waals surface area contributed by atoms with E-state index in [-0.39, 0.29) is 17.4 Å². The summed E-state index contributed by atoms with van der Waals surface area (Å²) in [4.78, 5) is 0. The molecule has 0 aromatic heterocycles. The molecule has 0 N–H and O–H groups in total. The summed E-state index contributed by atoms with van der Waals surface area (Å²) in [6, 6.07) is 0. The summed E-state index contributed by atoms with van der Waals surface area (Å²) in [6.07, 6.45) is -0.875. The Bertz CT molecular complexity index is 199. The van der Waals surface area contributed by atoms with Crippen LogP contribution in [0.1, 0.15) is 46.5 Å². The lowest BCUT2D eigenvalue weighted by Gasteiger charge is -2.24. The molecule has 104 valence electrons. The number of hydrogen-bond acceptors (Lipinski definition) is 1. The smallest absolute Gasteiger partial charge is 0.372 e. The van der Waals surface area contributed by atoms with E-state index in [2.05, 4.69) is 25.5 Å². The second-order valence-corrected chi connectivity index (χ2v) is 5.88. The molecule has 5 heteroatoms. The lowest BCUT2D eigenvalue weighted by atomic mass is 9.89. The second-order valence-electron chi connectivity index (χ2n) is 5.35. The zero-order valence-corrected chi connectivity index (χ0v) is 11.5. The van der Waals surface area contributed by atoms with Crippen molar-refractivity contribution in [2.45, 2.75) is 58.0 Å². The van der Waals surface area contributed by atoms with Crippen LogP contribution in [0.5, 0.6) is 0 Å². The van der Waals surface area contributed by atoms with Crippen LogP contribution in [0.25, 0.3) is 0 Å². The van der Waals surface area contributed by atoms with Crippen molar-refractivity contribution < 1.29 is 17.9 Å². The fourth-order valence-electron chi connectivity index (χ4n) is 1.33. The van der Waals surface area contributed by atoms with Gasteiger partial charge in [-0.2, -0.15) is 13.2 Å². The molecular formula is C12H22ClF3O. The minimum Gasteiger partial charge on any atom is -0.372 e. The van der Waals surface area contributed by atoms with E-state index < -0.39 is 12.8 Å². The Balaban J connectivity index is 3.36. The van der Waals surface area contributed by atoms with E-state index in [1.54, 1.807) is 0 Å². The molecular weight excluding hydrogens is 253 g/mol. The Kier molecular flexibility index (Phi) is 7.49. The van der Waals surface area contributed by atoms with Crippen LogP contribution in [0.3, 0.4) is 0 Å². The van der Waals surface area contributed by atoms with E-state index >= 15 is 0 Å². The van der Waals surface area contributed by atoms with E-state index in [1.165, 1.54) is 0 Å². The minimum absolute atomic E-state index is 0.0777. The molecule has 0 heterocycles. The van der Waals surface area contributed by atoms with Gasteiger partial charge in [-0.3, -0.25) is 0 Å². The molecule has 0 rings (SSSR count). The van der Waals surface area contributed by atoms with Crippen LogP contribution in [0.4, 0.5) is 13.2 Å². The predicted molar refractivity (Wildman–Crippen MR) is 64.4 cm³/mol. The molecule has 0 aliphatic heterocycles. The number of halogens is 4. The maximum Gasteiger partial charge on any atom is 0.411 e. The zero-order valence-electron chi connectivity index (χ0n) is 10.7. The van der Waals surface area contributed by atoms with Crippen LogP contribution in [0.2, 0.25) is 0 Å². The van der Waals surface area contributed by atoms with E-state index in [0.29, 0.717) is 6.42 Å². The standard InChI is InChI=1S/C12H22ClF3O/c1-11(2,3)10(13)7-5-4-6-8-17-9-12(14,15)16/h10H,4-9H2,1-3H3. The third-order valence-corrected chi connectivity index (χ3v) is 3.32. The summed E-state index contributed by atoms with van der Waals surface area (Å²) in [5.74, 6) is 0. The quantitative estimate of drug-likeness (QED) is 0.479. The molecule has 0 bridgehead atoms. The molecule has 0 aliphatic carbocycles. The highest BCUT2D eigenvalue weighted by atomic mass is 35.5. The van der Waals surface area contributed by atoms with Gasteiger partial charge in [-0.25, -0.2) is 0 Å². The summed E-state index contributed by atoms with van der Waals surface area (Å²) in [5.41, 5.74) is 0.0777. The van der Waals surface area contributed by atoms with E-state index in [9.17, 15) is 13.2 Å². The minimum atomic E-state index is -4.21. The number of rotatable bonds is 7. The topological polar surface area (TPSA) is 9.23 Å². The molecule has 0 aromatic carbocycles. The Hall–Kier alpha value is 0.0400. The van der Waals surface area contributed by atoms with Crippen molar-refractivity contribution in [3.63, 3.8) is 0 Å². The second kappa shape index (κ2) is 7.47. The van der Waals surface area contributed by atoms with Gasteiger partial charge in [-0.1, -0.05) is 33.6 Å². The predicted octanol–water partition coefficient (Wildman–Crippen LogP) is 4.78. The SMILES string of the molecule is CC(C)(C)C(Cl)CCCCCOCC(F)(F)F. The summed E-state index contributed by atoms with van der Waals surface area (Å²) in [6.45, 7) is 5.26. The van der Waals surface area contributed by atoms with Gasteiger partial charge in [-0.05, 0) is 18.3 Å². The van der Waals surface area contributed by atoms with Crippen LogP contribution >= 0.6 is 11.6 Å². The molecule has 0 amide bonds. The zero-order chi connectivity index (χ0) is 13.5. The van der Waals surface area contributed by atoms with Crippen LogP contribution in [-0.4, -0.2) is 24.8 Å². The number of unbranched alkanes of at least 4 members (excludes halogenated alkanes) is 2. The van der Waals surface area contributed by atoms with Gasteiger partial charge in [-0.15, -0.1) is 11.6 Å². The van der Waals surface area contributed by atoms with Crippen LogP contribution in [-0.2, 0) is 4.74 Å². The van der Waals surface area contributed by atoms with Crippen molar-refractivity contribution in [1.82, 2.24) is 0 Å². The third-order valence-electron chi connectivity index (χ3n) is 2.45. The van der Waals surface area contributed by atoms with Crippen LogP contribution < -0.4 is 0 Å². The first-order valence-electron chi connectivity index (χ1n) is 5.91. The molecule has 1 atom stereocenters. The van der Waals surface area contributed by atoms with Gasteiger partial charge in [0, 0.05) is 12.0 Å². The lowest BCUT2D eigenvalue weighted by molar-refractivity contribution is -0.174. The molecule has 17 heavy (non-hydrogen) atoms. The molecule has 0 radical (unpaired) electrons. The maximum absolute atomic E-state index is 11.7. The highest BCUT2D eigenvalue weighted by Crippen LogP contribution is 2.28. The van der Waals surface area contributed by atoms with Crippen molar-refractivity contribution in [3.8, 4) is 0 Å². The molecule has 0 saturated carbocycles. The normalized spacial score (nSPS) is 15.0. The highest BCUT2D eigenvalue weighted by Gasteiger charge is 2.27. The van der Waals surface area contributed by atoms with Gasteiger partial charge in [0.1, 0.15) is 6.61 Å². The summed E-state index contributed by atoms with van der Waals surface area (Å²) in [7, 11) is 0. The van der Waals surface area contributed by atoms with Crippen molar-refractivity contribution >= 4 is 11.6 Å². The summed E-state index contributed by atoms with van der Waals surface area (Å²) >= 11 is 6.18. The average Bonchev–Trinajstić information content (AvgIpc) is 2.12. The first-order chi connectivity index (χ1) is 7.63. The van der Waals surface area contributed by atoms with Gasteiger partial charge >= 0.3 is 6.18 Å². The molecule has 1 nitrogen and oxygen atoms in total. The van der Waals surface area contributed by atoms with Crippen molar-refractivity contribution in [1.29, 1.82) is 0 Å². The fraction of sp³-hybridized carbons (Fsp3) is 1.00. The number of alkyl halides is 4. The molecule has 0 aliphatic rings. The molecule has 0 aromatic rings. The van der Waals surface area contributed by atoms with Crippen molar-refractivity contribution in [2.75, 3.05) is 13.2 Å². The maximum atomic E-state index is 11.7. The molecule has 0 saturated heterocycles. The highest BCUT2D eigenvalue weighted by molar-refractivity contribution is 6.21. The van der Waals surface area contributed by atoms with E-state index in [4.69, 9.17) is 11.6 Å². The van der Waals surface area contributed by atoms with Crippen LogP contribution in [0, 0.1) is 5.41 Å². The largest absolute Gasteiger partial charge is 0.411 e. The monoisotopic (exact) mass is 274 g/mol. The summed E-state index contributed by atoms with van der Waals surface area (Å²) < 4.78 is 39.7. The molecule has 0 fully saturated rings. The Morgan fingerprint density at radius 2 is 1.65 bits per heavy atom. The van der Waals surface area contributed by atoms with Gasteiger partial charge in [0.15, 0.2) is 0 Å². The van der Waals surface area contributed by atoms with Crippen molar-refractivity contribution in [3.05, 3.63) is 0 Å².